The number of phenols is 1. The topological polar surface area (TPSA) is 87.4 Å². The van der Waals surface area contributed by atoms with Crippen LogP contribution >= 0.6 is 11.6 Å². The van der Waals surface area contributed by atoms with Gasteiger partial charge in [-0.2, -0.15) is 0 Å². The summed E-state index contributed by atoms with van der Waals surface area (Å²) in [5.41, 5.74) is 7.55. The van der Waals surface area contributed by atoms with Crippen LogP contribution in [0.15, 0.2) is 42.5 Å². The predicted molar refractivity (Wildman–Crippen MR) is 84.8 cm³/mol. The highest BCUT2D eigenvalue weighted by atomic mass is 35.5. The molecule has 21 heavy (non-hydrogen) atoms. The number of carbonyl (C=O) groups excluding carboxylic acids is 1. The zero-order valence-electron chi connectivity index (χ0n) is 11.4. The highest BCUT2D eigenvalue weighted by Gasteiger charge is 2.07. The smallest absolute Gasteiger partial charge is 0.316 e. The minimum atomic E-state index is -0.590. The van der Waals surface area contributed by atoms with E-state index in [2.05, 4.69) is 10.6 Å². The summed E-state index contributed by atoms with van der Waals surface area (Å²) >= 11 is 5.87. The van der Waals surface area contributed by atoms with Crippen molar-refractivity contribution in [3.05, 3.63) is 53.1 Å². The van der Waals surface area contributed by atoms with Crippen molar-refractivity contribution in [1.82, 2.24) is 0 Å². The van der Waals surface area contributed by atoms with E-state index in [9.17, 15) is 9.90 Å². The number of phenolic OH excluding ortho intramolecular Hbond substituents is 1. The molecule has 2 amide bonds. The van der Waals surface area contributed by atoms with Crippen molar-refractivity contribution < 1.29 is 9.90 Å². The molecule has 0 aromatic heterocycles. The molecule has 110 valence electrons. The molecule has 0 saturated carbocycles. The molecule has 2 rings (SSSR count). The standard InChI is InChI=1S/C15H16ClN3O2/c1-9(18-12-6-7-14(20)13(16)8-12)10-2-4-11(5-3-10)19-15(17)21/h2-9,18,20H,1H3,(H3,17,19,21). The van der Waals surface area contributed by atoms with E-state index in [4.69, 9.17) is 17.3 Å². The Kier molecular flexibility index (Phi) is 4.55. The van der Waals surface area contributed by atoms with Crippen molar-refractivity contribution in [2.24, 2.45) is 5.73 Å². The van der Waals surface area contributed by atoms with E-state index >= 15 is 0 Å². The third-order valence-corrected chi connectivity index (χ3v) is 3.31. The van der Waals surface area contributed by atoms with Gasteiger partial charge in [0.25, 0.3) is 0 Å². The maximum atomic E-state index is 10.8. The van der Waals surface area contributed by atoms with Gasteiger partial charge in [0.1, 0.15) is 5.75 Å². The summed E-state index contributed by atoms with van der Waals surface area (Å²) in [6.45, 7) is 2.00. The number of carbonyl (C=O) groups is 1. The van der Waals surface area contributed by atoms with E-state index in [0.29, 0.717) is 10.7 Å². The van der Waals surface area contributed by atoms with Crippen molar-refractivity contribution in [3.63, 3.8) is 0 Å². The number of halogens is 1. The van der Waals surface area contributed by atoms with Crippen LogP contribution in [0.25, 0.3) is 0 Å². The Morgan fingerprint density at radius 3 is 2.38 bits per heavy atom. The summed E-state index contributed by atoms with van der Waals surface area (Å²) in [5, 5.41) is 15.5. The molecule has 0 aliphatic heterocycles. The molecule has 2 aromatic rings. The van der Waals surface area contributed by atoms with Gasteiger partial charge in [-0.3, -0.25) is 0 Å². The SMILES string of the molecule is CC(Nc1ccc(O)c(Cl)c1)c1ccc(NC(N)=O)cc1. The monoisotopic (exact) mass is 305 g/mol. The van der Waals surface area contributed by atoms with Gasteiger partial charge >= 0.3 is 6.03 Å². The number of amides is 2. The number of hydrogen-bond donors (Lipinski definition) is 4. The van der Waals surface area contributed by atoms with E-state index in [-0.39, 0.29) is 11.8 Å². The fraction of sp³-hybridized carbons (Fsp3) is 0.133. The molecule has 0 bridgehead atoms. The van der Waals surface area contributed by atoms with Crippen LogP contribution in [0.3, 0.4) is 0 Å². The minimum absolute atomic E-state index is 0.0354. The fourth-order valence-corrected chi connectivity index (χ4v) is 2.11. The first-order valence-corrected chi connectivity index (χ1v) is 6.75. The van der Waals surface area contributed by atoms with E-state index < -0.39 is 6.03 Å². The predicted octanol–water partition coefficient (Wildman–Crippen LogP) is 3.71. The zero-order chi connectivity index (χ0) is 15.4. The lowest BCUT2D eigenvalue weighted by molar-refractivity contribution is 0.259. The minimum Gasteiger partial charge on any atom is -0.506 e. The molecule has 2 aromatic carbocycles. The Morgan fingerprint density at radius 2 is 1.81 bits per heavy atom. The van der Waals surface area contributed by atoms with Crippen molar-refractivity contribution in [2.45, 2.75) is 13.0 Å². The molecule has 0 radical (unpaired) electrons. The summed E-state index contributed by atoms with van der Waals surface area (Å²) < 4.78 is 0. The van der Waals surface area contributed by atoms with Gasteiger partial charge in [-0.05, 0) is 42.8 Å². The van der Waals surface area contributed by atoms with Crippen LogP contribution in [-0.4, -0.2) is 11.1 Å². The van der Waals surface area contributed by atoms with Gasteiger partial charge in [-0.1, -0.05) is 23.7 Å². The summed E-state index contributed by atoms with van der Waals surface area (Å²) in [4.78, 5) is 10.8. The van der Waals surface area contributed by atoms with Gasteiger partial charge in [-0.15, -0.1) is 0 Å². The first kappa shape index (κ1) is 15.0. The van der Waals surface area contributed by atoms with Crippen LogP contribution in [0.5, 0.6) is 5.75 Å². The average Bonchev–Trinajstić information content (AvgIpc) is 2.43. The summed E-state index contributed by atoms with van der Waals surface area (Å²) in [6.07, 6.45) is 0. The molecule has 1 unspecified atom stereocenters. The maximum absolute atomic E-state index is 10.8. The highest BCUT2D eigenvalue weighted by molar-refractivity contribution is 6.32. The molecule has 0 heterocycles. The molecule has 0 aliphatic rings. The van der Waals surface area contributed by atoms with Gasteiger partial charge < -0.3 is 21.5 Å². The normalized spacial score (nSPS) is 11.7. The second-order valence-electron chi connectivity index (χ2n) is 4.64. The summed E-state index contributed by atoms with van der Waals surface area (Å²) in [5.74, 6) is 0.0525. The summed E-state index contributed by atoms with van der Waals surface area (Å²) in [7, 11) is 0. The molecule has 1 atom stereocenters. The first-order valence-electron chi connectivity index (χ1n) is 6.37. The number of nitrogens with one attached hydrogen (secondary N) is 2. The third-order valence-electron chi connectivity index (χ3n) is 3.01. The van der Waals surface area contributed by atoms with Crippen LogP contribution in [0.2, 0.25) is 5.02 Å². The summed E-state index contributed by atoms with van der Waals surface area (Å²) in [6, 6.07) is 11.7. The van der Waals surface area contributed by atoms with Crippen LogP contribution in [0.4, 0.5) is 16.2 Å². The maximum Gasteiger partial charge on any atom is 0.316 e. The molecular weight excluding hydrogens is 290 g/mol. The quantitative estimate of drug-likeness (QED) is 0.649. The van der Waals surface area contributed by atoms with Gasteiger partial charge in [0.15, 0.2) is 0 Å². The average molecular weight is 306 g/mol. The van der Waals surface area contributed by atoms with Crippen molar-refractivity contribution in [3.8, 4) is 5.75 Å². The number of nitrogens with two attached hydrogens (primary N) is 1. The lowest BCUT2D eigenvalue weighted by Crippen LogP contribution is -2.19. The number of anilines is 2. The van der Waals surface area contributed by atoms with Crippen LogP contribution in [0.1, 0.15) is 18.5 Å². The Balaban J connectivity index is 2.07. The number of hydrogen-bond acceptors (Lipinski definition) is 3. The highest BCUT2D eigenvalue weighted by Crippen LogP contribution is 2.28. The van der Waals surface area contributed by atoms with E-state index in [1.165, 1.54) is 6.07 Å². The lowest BCUT2D eigenvalue weighted by atomic mass is 10.1. The Morgan fingerprint density at radius 1 is 1.19 bits per heavy atom. The van der Waals surface area contributed by atoms with E-state index in [0.717, 1.165) is 11.3 Å². The Labute approximate surface area is 127 Å². The fourth-order valence-electron chi connectivity index (χ4n) is 1.93. The lowest BCUT2D eigenvalue weighted by Gasteiger charge is -2.16. The van der Waals surface area contributed by atoms with Gasteiger partial charge in [0.2, 0.25) is 0 Å². The molecule has 0 spiro atoms. The van der Waals surface area contributed by atoms with E-state index in [1.54, 1.807) is 24.3 Å². The number of rotatable bonds is 4. The van der Waals surface area contributed by atoms with Crippen molar-refractivity contribution in [1.29, 1.82) is 0 Å². The molecule has 6 heteroatoms. The number of primary amides is 1. The molecular formula is C15H16ClN3O2. The second-order valence-corrected chi connectivity index (χ2v) is 5.05. The van der Waals surface area contributed by atoms with Crippen molar-refractivity contribution >= 4 is 29.0 Å². The molecule has 5 nitrogen and oxygen atoms in total. The van der Waals surface area contributed by atoms with Crippen LogP contribution in [0, 0.1) is 0 Å². The molecule has 0 saturated heterocycles. The van der Waals surface area contributed by atoms with E-state index in [1.807, 2.05) is 19.1 Å². The first-order chi connectivity index (χ1) is 9.95. The largest absolute Gasteiger partial charge is 0.506 e. The van der Waals surface area contributed by atoms with Gasteiger partial charge in [0, 0.05) is 17.4 Å². The molecule has 0 aliphatic carbocycles. The number of urea groups is 1. The van der Waals surface area contributed by atoms with Gasteiger partial charge in [-0.25, -0.2) is 4.79 Å². The Bertz CT molecular complexity index is 644. The Hall–Kier alpha value is -2.40. The second kappa shape index (κ2) is 6.37. The van der Waals surface area contributed by atoms with Crippen LogP contribution in [-0.2, 0) is 0 Å². The molecule has 5 N–H and O–H groups in total. The zero-order valence-corrected chi connectivity index (χ0v) is 12.2. The van der Waals surface area contributed by atoms with Crippen LogP contribution < -0.4 is 16.4 Å². The van der Waals surface area contributed by atoms with Crippen molar-refractivity contribution in [2.75, 3.05) is 10.6 Å². The third kappa shape index (κ3) is 4.03. The number of aromatic hydroxyl groups is 1. The molecule has 0 fully saturated rings. The van der Waals surface area contributed by atoms with Gasteiger partial charge in [0.05, 0.1) is 5.02 Å². The number of benzene rings is 2.